The van der Waals surface area contributed by atoms with E-state index in [1.165, 1.54) is 0 Å². The largest absolute Gasteiger partial charge is 0.481 e. The lowest BCUT2D eigenvalue weighted by Crippen LogP contribution is -2.38. The number of nitrogens with zero attached hydrogens (tertiary/aromatic N) is 1. The Hall–Kier alpha value is -1.69. The fourth-order valence-electron chi connectivity index (χ4n) is 1.77. The van der Waals surface area contributed by atoms with Crippen molar-refractivity contribution in [3.63, 3.8) is 0 Å². The van der Waals surface area contributed by atoms with Crippen LogP contribution in [0.15, 0.2) is 24.3 Å². The maximum atomic E-state index is 12.1. The molecule has 0 aliphatic carbocycles. The molecule has 0 fully saturated rings. The van der Waals surface area contributed by atoms with Crippen molar-refractivity contribution in [2.75, 3.05) is 24.4 Å². The zero-order chi connectivity index (χ0) is 15.8. The highest BCUT2D eigenvalue weighted by Gasteiger charge is 2.15. The van der Waals surface area contributed by atoms with E-state index < -0.39 is 5.97 Å². The van der Waals surface area contributed by atoms with E-state index in [9.17, 15) is 9.59 Å². The molecule has 0 radical (unpaired) electrons. The number of anilines is 1. The Morgan fingerprint density at radius 2 is 1.95 bits per heavy atom. The quantitative estimate of drug-likeness (QED) is 0.812. The van der Waals surface area contributed by atoms with Crippen molar-refractivity contribution < 1.29 is 14.7 Å². The second kappa shape index (κ2) is 8.56. The van der Waals surface area contributed by atoms with E-state index in [4.69, 9.17) is 5.11 Å². The average Bonchev–Trinajstić information content (AvgIpc) is 2.45. The topological polar surface area (TPSA) is 69.6 Å². The molecule has 0 aliphatic rings. The first-order chi connectivity index (χ1) is 9.93. The number of carboxylic acids is 1. The summed E-state index contributed by atoms with van der Waals surface area (Å²) in [6.45, 7) is 2.02. The van der Waals surface area contributed by atoms with Crippen LogP contribution >= 0.6 is 11.8 Å². The smallest absolute Gasteiger partial charge is 0.321 e. The lowest BCUT2D eigenvalue weighted by atomic mass is 10.1. The number of hydrogen-bond acceptors (Lipinski definition) is 3. The van der Waals surface area contributed by atoms with Gasteiger partial charge in [0.1, 0.15) is 0 Å². The summed E-state index contributed by atoms with van der Waals surface area (Å²) in [5.41, 5.74) is 1.38. The molecule has 0 aromatic heterocycles. The predicted octanol–water partition coefficient (Wildman–Crippen LogP) is 2.92. The molecule has 6 heteroatoms. The third-order valence-electron chi connectivity index (χ3n) is 3.28. The van der Waals surface area contributed by atoms with Crippen molar-refractivity contribution in [1.29, 1.82) is 0 Å². The Labute approximate surface area is 129 Å². The molecule has 0 spiro atoms. The van der Waals surface area contributed by atoms with Crippen molar-refractivity contribution >= 4 is 29.4 Å². The molecule has 0 saturated heterocycles. The Morgan fingerprint density at radius 1 is 1.33 bits per heavy atom. The third-order valence-corrected chi connectivity index (χ3v) is 3.93. The van der Waals surface area contributed by atoms with Gasteiger partial charge in [-0.25, -0.2) is 4.79 Å². The van der Waals surface area contributed by atoms with Gasteiger partial charge in [-0.15, -0.1) is 0 Å². The van der Waals surface area contributed by atoms with E-state index in [1.807, 2.05) is 13.2 Å². The molecule has 5 nitrogen and oxygen atoms in total. The minimum atomic E-state index is -0.867. The van der Waals surface area contributed by atoms with Gasteiger partial charge in [-0.1, -0.05) is 12.1 Å². The van der Waals surface area contributed by atoms with Crippen LogP contribution in [-0.2, 0) is 11.2 Å². The molecule has 0 saturated carbocycles. The monoisotopic (exact) mass is 310 g/mol. The number of hydrogen-bond donors (Lipinski definition) is 2. The van der Waals surface area contributed by atoms with Gasteiger partial charge >= 0.3 is 12.0 Å². The summed E-state index contributed by atoms with van der Waals surface area (Å²) in [6.07, 6.45) is 2.98. The first-order valence-electron chi connectivity index (χ1n) is 6.77. The van der Waals surface area contributed by atoms with Crippen molar-refractivity contribution in [3.05, 3.63) is 29.8 Å². The summed E-state index contributed by atoms with van der Waals surface area (Å²) in [5, 5.41) is 11.5. The predicted molar refractivity (Wildman–Crippen MR) is 87.0 cm³/mol. The molecule has 0 heterocycles. The van der Waals surface area contributed by atoms with E-state index in [-0.39, 0.29) is 18.5 Å². The molecule has 1 rings (SSSR count). The third kappa shape index (κ3) is 6.08. The number of rotatable bonds is 7. The van der Waals surface area contributed by atoms with Gasteiger partial charge < -0.3 is 15.3 Å². The van der Waals surface area contributed by atoms with E-state index in [1.54, 1.807) is 48.0 Å². The van der Waals surface area contributed by atoms with Crippen LogP contribution in [0.4, 0.5) is 10.5 Å². The summed E-state index contributed by atoms with van der Waals surface area (Å²) in [7, 11) is 1.78. The molecule has 2 N–H and O–H groups in total. The summed E-state index contributed by atoms with van der Waals surface area (Å²) in [5.74, 6) is 0.150. The van der Waals surface area contributed by atoms with Crippen LogP contribution in [0.3, 0.4) is 0 Å². The highest BCUT2D eigenvalue weighted by Crippen LogP contribution is 2.12. The van der Waals surface area contributed by atoms with E-state index in [0.717, 1.165) is 12.2 Å². The van der Waals surface area contributed by atoms with Crippen LogP contribution in [-0.4, -0.2) is 47.1 Å². The first-order valence-corrected chi connectivity index (χ1v) is 8.17. The summed E-state index contributed by atoms with van der Waals surface area (Å²) in [4.78, 5) is 24.4. The second-order valence-corrected chi connectivity index (χ2v) is 5.92. The normalized spacial score (nSPS) is 11.8. The SMILES string of the molecule is CSCCC(C)N(C)C(=O)Nc1ccc(CC(=O)O)cc1. The minimum absolute atomic E-state index is 0.0140. The Kier molecular flexibility index (Phi) is 7.08. The van der Waals surface area contributed by atoms with Gasteiger partial charge in [-0.3, -0.25) is 4.79 Å². The summed E-state index contributed by atoms with van der Waals surface area (Å²) >= 11 is 1.76. The number of thioether (sulfide) groups is 1. The van der Waals surface area contributed by atoms with Gasteiger partial charge in [0.05, 0.1) is 6.42 Å². The number of aliphatic carboxylic acids is 1. The standard InChI is InChI=1S/C15H22N2O3S/c1-11(8-9-21-3)17(2)15(20)16-13-6-4-12(5-7-13)10-14(18)19/h4-7,11H,8-10H2,1-3H3,(H,16,20)(H,18,19). The Bertz CT molecular complexity index is 476. The Morgan fingerprint density at radius 3 is 2.48 bits per heavy atom. The molecule has 1 aromatic rings. The zero-order valence-electron chi connectivity index (χ0n) is 12.6. The number of carboxylic acid groups (broad SMARTS) is 1. The van der Waals surface area contributed by atoms with Crippen LogP contribution in [0.2, 0.25) is 0 Å². The minimum Gasteiger partial charge on any atom is -0.481 e. The number of amides is 2. The number of benzene rings is 1. The average molecular weight is 310 g/mol. The highest BCUT2D eigenvalue weighted by atomic mass is 32.2. The molecule has 1 atom stereocenters. The Balaban J connectivity index is 2.55. The molecule has 1 unspecified atom stereocenters. The number of carbonyl (C=O) groups is 2. The second-order valence-electron chi connectivity index (χ2n) is 4.94. The van der Waals surface area contributed by atoms with Crippen molar-refractivity contribution in [2.45, 2.75) is 25.8 Å². The molecular formula is C15H22N2O3S. The molecular weight excluding hydrogens is 288 g/mol. The van der Waals surface area contributed by atoms with E-state index in [2.05, 4.69) is 5.32 Å². The highest BCUT2D eigenvalue weighted by molar-refractivity contribution is 7.98. The number of carbonyl (C=O) groups excluding carboxylic acids is 1. The van der Waals surface area contributed by atoms with Gasteiger partial charge in [0, 0.05) is 18.8 Å². The first kappa shape index (κ1) is 17.4. The maximum Gasteiger partial charge on any atom is 0.321 e. The molecule has 1 aromatic carbocycles. The van der Waals surface area contributed by atoms with Crippen LogP contribution in [0.25, 0.3) is 0 Å². The van der Waals surface area contributed by atoms with Crippen LogP contribution in [0.5, 0.6) is 0 Å². The lowest BCUT2D eigenvalue weighted by molar-refractivity contribution is -0.136. The fraction of sp³-hybridized carbons (Fsp3) is 0.467. The zero-order valence-corrected chi connectivity index (χ0v) is 13.4. The van der Waals surface area contributed by atoms with Crippen molar-refractivity contribution in [2.24, 2.45) is 0 Å². The molecule has 0 aliphatic heterocycles. The van der Waals surface area contributed by atoms with Crippen molar-refractivity contribution in [1.82, 2.24) is 4.90 Å². The molecule has 21 heavy (non-hydrogen) atoms. The lowest BCUT2D eigenvalue weighted by Gasteiger charge is -2.25. The van der Waals surface area contributed by atoms with Gasteiger partial charge in [-0.2, -0.15) is 11.8 Å². The maximum absolute atomic E-state index is 12.1. The number of urea groups is 1. The van der Waals surface area contributed by atoms with Gasteiger partial charge in [0.25, 0.3) is 0 Å². The van der Waals surface area contributed by atoms with Crippen LogP contribution in [0, 0.1) is 0 Å². The summed E-state index contributed by atoms with van der Waals surface area (Å²) < 4.78 is 0. The molecule has 116 valence electrons. The van der Waals surface area contributed by atoms with Gasteiger partial charge in [-0.05, 0) is 43.0 Å². The van der Waals surface area contributed by atoms with E-state index >= 15 is 0 Å². The van der Waals surface area contributed by atoms with Gasteiger partial charge in [0.2, 0.25) is 0 Å². The van der Waals surface area contributed by atoms with Crippen LogP contribution in [0.1, 0.15) is 18.9 Å². The molecule has 0 bridgehead atoms. The summed E-state index contributed by atoms with van der Waals surface area (Å²) in [6, 6.07) is 6.87. The van der Waals surface area contributed by atoms with Gasteiger partial charge in [0.15, 0.2) is 0 Å². The van der Waals surface area contributed by atoms with E-state index in [0.29, 0.717) is 11.3 Å². The fourth-order valence-corrected chi connectivity index (χ4v) is 2.35. The van der Waals surface area contributed by atoms with Crippen LogP contribution < -0.4 is 5.32 Å². The van der Waals surface area contributed by atoms with Crippen molar-refractivity contribution in [3.8, 4) is 0 Å². The molecule has 2 amide bonds. The number of nitrogens with one attached hydrogen (secondary N) is 1.